The third-order valence-electron chi connectivity index (χ3n) is 8.68. The molecule has 2 heteroatoms. The number of anilines is 2. The molecule has 2 aliphatic rings. The minimum absolute atomic E-state index is 0.230. The summed E-state index contributed by atoms with van der Waals surface area (Å²) in [7, 11) is 0. The third-order valence-corrected chi connectivity index (χ3v) is 9.62. The van der Waals surface area contributed by atoms with Crippen LogP contribution in [-0.2, 0) is 21.7 Å². The molecule has 1 N–H and O–H groups in total. The van der Waals surface area contributed by atoms with Crippen molar-refractivity contribution < 1.29 is 0 Å². The summed E-state index contributed by atoms with van der Waals surface area (Å²) >= 11 is 1.87. The number of hydrogen-bond acceptors (Lipinski definition) is 2. The largest absolute Gasteiger partial charge is 0.354 e. The monoisotopic (exact) mass is 445 g/mol. The Kier molecular flexibility index (Phi) is 4.72. The lowest BCUT2D eigenvalue weighted by Crippen LogP contribution is -2.33. The van der Waals surface area contributed by atoms with Crippen LogP contribution >= 0.6 is 11.3 Å². The molecule has 1 aromatic heterocycles. The summed E-state index contributed by atoms with van der Waals surface area (Å²) in [5.74, 6) is 0. The lowest BCUT2D eigenvalue weighted by Gasteiger charge is -2.42. The van der Waals surface area contributed by atoms with Crippen molar-refractivity contribution in [2.75, 3.05) is 5.32 Å². The van der Waals surface area contributed by atoms with Crippen molar-refractivity contribution in [2.45, 2.75) is 103 Å². The van der Waals surface area contributed by atoms with Gasteiger partial charge < -0.3 is 5.32 Å². The Morgan fingerprint density at radius 3 is 1.72 bits per heavy atom. The summed E-state index contributed by atoms with van der Waals surface area (Å²) in [6.45, 7) is 19.3. The van der Waals surface area contributed by atoms with Gasteiger partial charge in [0, 0.05) is 21.2 Å². The standard InChI is InChI=1S/C30H39NS/c1-27(2)11-12-28(3,4)22-15-19(9-10-21(22)27)31-25-18-32-26-17-24-23(16-20(25)26)29(5,6)13-14-30(24,7)8/h9-10,15-18,31H,11-14H2,1-8H3. The van der Waals surface area contributed by atoms with Crippen molar-refractivity contribution in [1.29, 1.82) is 0 Å². The van der Waals surface area contributed by atoms with Gasteiger partial charge in [0.25, 0.3) is 0 Å². The molecule has 2 aromatic carbocycles. The summed E-state index contributed by atoms with van der Waals surface area (Å²) in [6, 6.07) is 12.1. The van der Waals surface area contributed by atoms with Crippen molar-refractivity contribution >= 4 is 32.8 Å². The van der Waals surface area contributed by atoms with Gasteiger partial charge in [-0.05, 0) is 93.9 Å². The Morgan fingerprint density at radius 2 is 1.12 bits per heavy atom. The first kappa shape index (κ1) is 22.0. The third kappa shape index (κ3) is 3.41. The molecular formula is C30H39NS. The highest BCUT2D eigenvalue weighted by atomic mass is 32.1. The van der Waals surface area contributed by atoms with Crippen LogP contribution in [0, 0.1) is 0 Å². The topological polar surface area (TPSA) is 12.0 Å². The Balaban J connectivity index is 1.58. The van der Waals surface area contributed by atoms with Crippen molar-refractivity contribution in [3.05, 3.63) is 58.0 Å². The van der Waals surface area contributed by atoms with Gasteiger partial charge >= 0.3 is 0 Å². The quantitative estimate of drug-likeness (QED) is 0.414. The first-order chi connectivity index (χ1) is 14.8. The smallest absolute Gasteiger partial charge is 0.0573 e. The molecule has 1 heterocycles. The zero-order valence-electron chi connectivity index (χ0n) is 21.2. The summed E-state index contributed by atoms with van der Waals surface area (Å²) in [4.78, 5) is 0. The van der Waals surface area contributed by atoms with Crippen LogP contribution in [0.15, 0.2) is 35.7 Å². The summed E-state index contributed by atoms with van der Waals surface area (Å²) in [5.41, 5.74) is 9.57. The molecule has 0 atom stereocenters. The van der Waals surface area contributed by atoms with E-state index in [9.17, 15) is 0 Å². The minimum atomic E-state index is 0.230. The van der Waals surface area contributed by atoms with E-state index in [4.69, 9.17) is 0 Å². The van der Waals surface area contributed by atoms with E-state index in [0.29, 0.717) is 0 Å². The minimum Gasteiger partial charge on any atom is -0.354 e. The molecule has 3 aromatic rings. The van der Waals surface area contributed by atoms with Gasteiger partial charge in [-0.1, -0.05) is 61.5 Å². The molecule has 0 saturated carbocycles. The number of nitrogens with one attached hydrogen (secondary N) is 1. The first-order valence-corrected chi connectivity index (χ1v) is 13.2. The molecule has 0 saturated heterocycles. The van der Waals surface area contributed by atoms with Crippen LogP contribution in [-0.4, -0.2) is 0 Å². The molecule has 2 aliphatic carbocycles. The van der Waals surface area contributed by atoms with Crippen LogP contribution < -0.4 is 5.32 Å². The van der Waals surface area contributed by atoms with Gasteiger partial charge in [0.1, 0.15) is 0 Å². The van der Waals surface area contributed by atoms with E-state index in [0.717, 1.165) is 0 Å². The molecule has 32 heavy (non-hydrogen) atoms. The van der Waals surface area contributed by atoms with Crippen molar-refractivity contribution in [2.24, 2.45) is 0 Å². The summed E-state index contributed by atoms with van der Waals surface area (Å²) in [6.07, 6.45) is 5.01. The lowest BCUT2D eigenvalue weighted by molar-refractivity contribution is 0.332. The Hall–Kier alpha value is -1.80. The number of hydrogen-bond donors (Lipinski definition) is 1. The van der Waals surface area contributed by atoms with Crippen LogP contribution in [0.3, 0.4) is 0 Å². The fourth-order valence-electron chi connectivity index (χ4n) is 6.01. The average molecular weight is 446 g/mol. The molecule has 0 bridgehead atoms. The molecule has 0 unspecified atom stereocenters. The van der Waals surface area contributed by atoms with Gasteiger partial charge in [-0.25, -0.2) is 0 Å². The van der Waals surface area contributed by atoms with Gasteiger partial charge in [-0.2, -0.15) is 0 Å². The lowest BCUT2D eigenvalue weighted by atomic mass is 9.63. The Labute approximate surface area is 198 Å². The maximum absolute atomic E-state index is 3.81. The molecule has 5 rings (SSSR count). The van der Waals surface area contributed by atoms with Crippen LogP contribution in [0.25, 0.3) is 10.1 Å². The van der Waals surface area contributed by atoms with Crippen LogP contribution in [0.4, 0.5) is 11.4 Å². The summed E-state index contributed by atoms with van der Waals surface area (Å²) < 4.78 is 1.40. The van der Waals surface area contributed by atoms with E-state index in [1.165, 1.54) is 63.8 Å². The van der Waals surface area contributed by atoms with E-state index < -0.39 is 0 Å². The maximum atomic E-state index is 3.81. The molecule has 1 nitrogen and oxygen atoms in total. The van der Waals surface area contributed by atoms with Crippen LogP contribution in [0.2, 0.25) is 0 Å². The molecule has 0 fully saturated rings. The Bertz CT molecular complexity index is 1210. The average Bonchev–Trinajstić information content (AvgIpc) is 3.10. The fraction of sp³-hybridized carbons (Fsp3) is 0.533. The highest BCUT2D eigenvalue weighted by Gasteiger charge is 2.38. The highest BCUT2D eigenvalue weighted by molar-refractivity contribution is 7.17. The molecule has 170 valence electrons. The zero-order chi connectivity index (χ0) is 23.1. The van der Waals surface area contributed by atoms with Gasteiger partial charge in [0.15, 0.2) is 0 Å². The van der Waals surface area contributed by atoms with E-state index >= 15 is 0 Å². The number of benzene rings is 2. The normalized spacial score (nSPS) is 22.2. The van der Waals surface area contributed by atoms with Crippen molar-refractivity contribution in [3.8, 4) is 0 Å². The number of fused-ring (bicyclic) bond motifs is 3. The van der Waals surface area contributed by atoms with Crippen molar-refractivity contribution in [1.82, 2.24) is 0 Å². The molecule has 0 spiro atoms. The van der Waals surface area contributed by atoms with Gasteiger partial charge in [0.2, 0.25) is 0 Å². The number of rotatable bonds is 2. The number of thiophene rings is 1. The van der Waals surface area contributed by atoms with Crippen LogP contribution in [0.5, 0.6) is 0 Å². The van der Waals surface area contributed by atoms with E-state index in [1.807, 2.05) is 11.3 Å². The van der Waals surface area contributed by atoms with E-state index in [-0.39, 0.29) is 21.7 Å². The Morgan fingerprint density at radius 1 is 0.625 bits per heavy atom. The SMILES string of the molecule is CC1(C)CCC(C)(C)c2cc(Nc3csc4cc5c(cc34)C(C)(C)CCC5(C)C)ccc21. The van der Waals surface area contributed by atoms with Crippen LogP contribution in [0.1, 0.15) is 103 Å². The second kappa shape index (κ2) is 6.86. The predicted octanol–water partition coefficient (Wildman–Crippen LogP) is 9.34. The second-order valence-electron chi connectivity index (χ2n) is 13.0. The highest BCUT2D eigenvalue weighted by Crippen LogP contribution is 2.50. The zero-order valence-corrected chi connectivity index (χ0v) is 22.0. The summed E-state index contributed by atoms with van der Waals surface area (Å²) in [5, 5.41) is 7.49. The van der Waals surface area contributed by atoms with Crippen molar-refractivity contribution in [3.63, 3.8) is 0 Å². The maximum Gasteiger partial charge on any atom is 0.0573 e. The van der Waals surface area contributed by atoms with E-state index in [1.54, 1.807) is 5.56 Å². The predicted molar refractivity (Wildman–Crippen MR) is 142 cm³/mol. The molecule has 0 amide bonds. The molecule has 0 aliphatic heterocycles. The van der Waals surface area contributed by atoms with Gasteiger partial charge in [-0.3, -0.25) is 0 Å². The van der Waals surface area contributed by atoms with E-state index in [2.05, 4.69) is 96.4 Å². The second-order valence-corrected chi connectivity index (χ2v) is 13.9. The molecular weight excluding hydrogens is 406 g/mol. The molecule has 0 radical (unpaired) electrons. The fourth-order valence-corrected chi connectivity index (χ4v) is 6.92. The van der Waals surface area contributed by atoms with Gasteiger partial charge in [0.05, 0.1) is 5.69 Å². The van der Waals surface area contributed by atoms with Gasteiger partial charge in [-0.15, -0.1) is 11.3 Å². The first-order valence-electron chi connectivity index (χ1n) is 12.3.